The Labute approximate surface area is 120 Å². The van der Waals surface area contributed by atoms with Crippen LogP contribution in [0.4, 0.5) is 5.69 Å². The molecular weight excluding hydrogens is 268 g/mol. The number of rotatable bonds is 4. The zero-order valence-electron chi connectivity index (χ0n) is 11.3. The second-order valence-corrected chi connectivity index (χ2v) is 4.48. The van der Waals surface area contributed by atoms with Crippen molar-refractivity contribution < 1.29 is 4.42 Å². The fourth-order valence-corrected chi connectivity index (χ4v) is 1.94. The Morgan fingerprint density at radius 3 is 2.95 bits per heavy atom. The van der Waals surface area contributed by atoms with E-state index in [2.05, 4.69) is 20.8 Å². The number of aryl methyl sites for hydroxylation is 1. The summed E-state index contributed by atoms with van der Waals surface area (Å²) in [5.41, 5.74) is 2.92. The van der Waals surface area contributed by atoms with Crippen molar-refractivity contribution in [2.45, 2.75) is 13.5 Å². The molecule has 0 aliphatic carbocycles. The molecule has 0 spiro atoms. The molecule has 0 amide bonds. The highest BCUT2D eigenvalue weighted by Gasteiger charge is 2.05. The molecule has 0 unspecified atom stereocenters. The number of aromatic nitrogens is 4. The highest BCUT2D eigenvalue weighted by molar-refractivity contribution is 5.56. The molecule has 1 N–H and O–H groups in total. The van der Waals surface area contributed by atoms with E-state index in [9.17, 15) is 0 Å². The molecule has 2 heterocycles. The van der Waals surface area contributed by atoms with Gasteiger partial charge in [0.2, 0.25) is 5.76 Å². The van der Waals surface area contributed by atoms with Crippen molar-refractivity contribution in [3.8, 4) is 11.8 Å². The standard InChI is InChI=1S/C14H12N6O/c1-10-2-3-11(20-9-17-18-19-20)6-14(10)16-8-13-5-4-12(7-15)21-13/h2-6,9,16H,8H2,1H3. The topological polar surface area (TPSA) is 92.6 Å². The van der Waals surface area contributed by atoms with Crippen molar-refractivity contribution >= 4 is 5.69 Å². The van der Waals surface area contributed by atoms with Crippen LogP contribution in [-0.2, 0) is 6.54 Å². The first kappa shape index (κ1) is 12.9. The Morgan fingerprint density at radius 2 is 2.24 bits per heavy atom. The van der Waals surface area contributed by atoms with Gasteiger partial charge in [0.25, 0.3) is 0 Å². The first-order chi connectivity index (χ1) is 10.3. The highest BCUT2D eigenvalue weighted by atomic mass is 16.3. The van der Waals surface area contributed by atoms with Gasteiger partial charge >= 0.3 is 0 Å². The maximum atomic E-state index is 8.74. The lowest BCUT2D eigenvalue weighted by Crippen LogP contribution is -2.02. The number of nitrogens with one attached hydrogen (secondary N) is 1. The molecule has 7 heteroatoms. The van der Waals surface area contributed by atoms with E-state index >= 15 is 0 Å². The Bertz CT molecular complexity index is 784. The first-order valence-electron chi connectivity index (χ1n) is 6.33. The van der Waals surface area contributed by atoms with E-state index < -0.39 is 0 Å². The van der Waals surface area contributed by atoms with Crippen LogP contribution < -0.4 is 5.32 Å². The fraction of sp³-hybridized carbons (Fsp3) is 0.143. The number of hydrogen-bond donors (Lipinski definition) is 1. The molecule has 2 aromatic heterocycles. The van der Waals surface area contributed by atoms with E-state index in [1.807, 2.05) is 31.2 Å². The zero-order valence-corrected chi connectivity index (χ0v) is 11.3. The van der Waals surface area contributed by atoms with Crippen molar-refractivity contribution in [2.75, 3.05) is 5.32 Å². The summed E-state index contributed by atoms with van der Waals surface area (Å²) in [6, 6.07) is 11.3. The van der Waals surface area contributed by atoms with Gasteiger partial charge in [0.15, 0.2) is 0 Å². The minimum atomic E-state index is 0.311. The van der Waals surface area contributed by atoms with Crippen molar-refractivity contribution in [1.82, 2.24) is 20.2 Å². The van der Waals surface area contributed by atoms with Gasteiger partial charge in [-0.1, -0.05) is 6.07 Å². The normalized spacial score (nSPS) is 10.3. The van der Waals surface area contributed by atoms with Gasteiger partial charge in [-0.2, -0.15) is 5.26 Å². The summed E-state index contributed by atoms with van der Waals surface area (Å²) in [6.45, 7) is 2.51. The Balaban J connectivity index is 1.78. The Kier molecular flexibility index (Phi) is 3.35. The van der Waals surface area contributed by atoms with E-state index in [1.165, 1.54) is 0 Å². The van der Waals surface area contributed by atoms with Gasteiger partial charge in [0, 0.05) is 5.69 Å². The number of anilines is 1. The largest absolute Gasteiger partial charge is 0.449 e. The summed E-state index contributed by atoms with van der Waals surface area (Å²) in [6.07, 6.45) is 1.54. The molecule has 3 rings (SSSR count). The maximum Gasteiger partial charge on any atom is 0.203 e. The molecule has 21 heavy (non-hydrogen) atoms. The van der Waals surface area contributed by atoms with Crippen molar-refractivity contribution in [3.05, 3.63) is 53.7 Å². The molecule has 0 bridgehead atoms. The molecule has 0 fully saturated rings. The lowest BCUT2D eigenvalue weighted by atomic mass is 10.2. The smallest absolute Gasteiger partial charge is 0.203 e. The van der Waals surface area contributed by atoms with Gasteiger partial charge in [-0.25, -0.2) is 4.68 Å². The molecule has 0 atom stereocenters. The van der Waals surface area contributed by atoms with Crippen LogP contribution in [-0.4, -0.2) is 20.2 Å². The summed E-state index contributed by atoms with van der Waals surface area (Å²) in [5, 5.41) is 23.1. The molecule has 0 aliphatic rings. The molecule has 0 saturated heterocycles. The minimum absolute atomic E-state index is 0.311. The molecule has 0 radical (unpaired) electrons. The number of furan rings is 1. The van der Waals surface area contributed by atoms with Crippen LogP contribution in [0.5, 0.6) is 0 Å². The third kappa shape index (κ3) is 2.74. The second kappa shape index (κ2) is 5.46. The van der Waals surface area contributed by atoms with E-state index in [4.69, 9.17) is 9.68 Å². The summed E-state index contributed by atoms with van der Waals surface area (Å²) < 4.78 is 6.92. The van der Waals surface area contributed by atoms with Crippen molar-refractivity contribution in [3.63, 3.8) is 0 Å². The van der Waals surface area contributed by atoms with Crippen LogP contribution in [0.15, 0.2) is 41.1 Å². The van der Waals surface area contributed by atoms with Gasteiger partial charge in [0.05, 0.1) is 12.2 Å². The number of tetrazole rings is 1. The Hall–Kier alpha value is -3.14. The van der Waals surface area contributed by atoms with Crippen LogP contribution in [0, 0.1) is 18.3 Å². The molecular formula is C14H12N6O. The summed E-state index contributed by atoms with van der Waals surface area (Å²) in [5.74, 6) is 1.02. The predicted molar refractivity (Wildman–Crippen MR) is 74.6 cm³/mol. The summed E-state index contributed by atoms with van der Waals surface area (Å²) in [4.78, 5) is 0. The average molecular weight is 280 g/mol. The number of nitrogens with zero attached hydrogens (tertiary/aromatic N) is 5. The predicted octanol–water partition coefficient (Wildman–Crippen LogP) is 2.05. The average Bonchev–Trinajstić information content (AvgIpc) is 3.18. The SMILES string of the molecule is Cc1ccc(-n2cnnn2)cc1NCc1ccc(C#N)o1. The van der Waals surface area contributed by atoms with Crippen LogP contribution in [0.1, 0.15) is 17.1 Å². The highest BCUT2D eigenvalue weighted by Crippen LogP contribution is 2.20. The molecule has 1 aromatic carbocycles. The second-order valence-electron chi connectivity index (χ2n) is 4.48. The van der Waals surface area contributed by atoms with Gasteiger partial charge < -0.3 is 9.73 Å². The molecule has 3 aromatic rings. The Morgan fingerprint density at radius 1 is 1.33 bits per heavy atom. The molecule has 7 nitrogen and oxygen atoms in total. The lowest BCUT2D eigenvalue weighted by molar-refractivity contribution is 0.506. The minimum Gasteiger partial charge on any atom is -0.449 e. The number of hydrogen-bond acceptors (Lipinski definition) is 6. The van der Waals surface area contributed by atoms with E-state index in [0.717, 1.165) is 16.9 Å². The molecule has 0 saturated carbocycles. The molecule has 0 aliphatic heterocycles. The van der Waals surface area contributed by atoms with Crippen LogP contribution in [0.25, 0.3) is 5.69 Å². The van der Waals surface area contributed by atoms with Crippen molar-refractivity contribution in [1.29, 1.82) is 5.26 Å². The fourth-order valence-electron chi connectivity index (χ4n) is 1.94. The van der Waals surface area contributed by atoms with Crippen LogP contribution in [0.2, 0.25) is 0 Å². The number of benzene rings is 1. The van der Waals surface area contributed by atoms with Gasteiger partial charge in [-0.15, -0.1) is 5.10 Å². The summed E-state index contributed by atoms with van der Waals surface area (Å²) >= 11 is 0. The zero-order chi connectivity index (χ0) is 14.7. The third-order valence-corrected chi connectivity index (χ3v) is 3.06. The van der Waals surface area contributed by atoms with E-state index in [-0.39, 0.29) is 0 Å². The lowest BCUT2D eigenvalue weighted by Gasteiger charge is -2.10. The quantitative estimate of drug-likeness (QED) is 0.786. The van der Waals surface area contributed by atoms with Gasteiger partial charge in [0.1, 0.15) is 18.2 Å². The first-order valence-corrected chi connectivity index (χ1v) is 6.33. The van der Waals surface area contributed by atoms with Gasteiger partial charge in [-0.05, 0) is 47.2 Å². The van der Waals surface area contributed by atoms with Crippen LogP contribution >= 0.6 is 0 Å². The number of nitriles is 1. The summed E-state index contributed by atoms with van der Waals surface area (Å²) in [7, 11) is 0. The van der Waals surface area contributed by atoms with Crippen LogP contribution in [0.3, 0.4) is 0 Å². The third-order valence-electron chi connectivity index (χ3n) is 3.06. The van der Waals surface area contributed by atoms with Gasteiger partial charge in [-0.3, -0.25) is 0 Å². The van der Waals surface area contributed by atoms with E-state index in [0.29, 0.717) is 18.1 Å². The van der Waals surface area contributed by atoms with Crippen molar-refractivity contribution in [2.24, 2.45) is 0 Å². The maximum absolute atomic E-state index is 8.74. The molecule has 104 valence electrons. The monoisotopic (exact) mass is 280 g/mol. The van der Waals surface area contributed by atoms with E-state index in [1.54, 1.807) is 23.1 Å².